The van der Waals surface area contributed by atoms with E-state index in [0.29, 0.717) is 30.9 Å². The molecule has 4 rings (SSSR count). The van der Waals surface area contributed by atoms with Crippen molar-refractivity contribution in [1.82, 2.24) is 14.9 Å². The van der Waals surface area contributed by atoms with E-state index in [1.165, 1.54) is 0 Å². The van der Waals surface area contributed by atoms with Gasteiger partial charge in [-0.25, -0.2) is 9.97 Å². The summed E-state index contributed by atoms with van der Waals surface area (Å²) in [6, 6.07) is 9.69. The standard InChI is InChI=1S/C29H41N5O2/c1-21(2)23-20-26(31-28(30-23)29(3,4)5)33-18-16-32(17-19-33)14-8-9-15-34-24-11-7-6-10-22(24)25(35)12-13-27(34)36/h6-7,10-11,20-21H,8-9,12-19H2,1-5H3. The highest BCUT2D eigenvalue weighted by molar-refractivity contribution is 6.10. The van der Waals surface area contributed by atoms with Crippen LogP contribution < -0.4 is 9.80 Å². The van der Waals surface area contributed by atoms with Crippen molar-refractivity contribution in [1.29, 1.82) is 0 Å². The molecule has 1 aromatic carbocycles. The number of amides is 1. The largest absolute Gasteiger partial charge is 0.354 e. The third-order valence-electron chi connectivity index (χ3n) is 7.16. The molecule has 0 N–H and O–H groups in total. The van der Waals surface area contributed by atoms with E-state index in [0.717, 1.165) is 68.6 Å². The highest BCUT2D eigenvalue weighted by atomic mass is 16.2. The van der Waals surface area contributed by atoms with Crippen LogP contribution in [0, 0.1) is 0 Å². The Morgan fingerprint density at radius 3 is 2.31 bits per heavy atom. The lowest BCUT2D eigenvalue weighted by atomic mass is 9.95. The molecule has 0 unspecified atom stereocenters. The molecule has 1 saturated heterocycles. The van der Waals surface area contributed by atoms with Crippen LogP contribution in [0.2, 0.25) is 0 Å². The zero-order valence-electron chi connectivity index (χ0n) is 22.6. The van der Waals surface area contributed by atoms with Gasteiger partial charge in [0.2, 0.25) is 5.91 Å². The molecule has 7 nitrogen and oxygen atoms in total. The molecule has 3 heterocycles. The summed E-state index contributed by atoms with van der Waals surface area (Å²) in [5, 5.41) is 0. The first-order valence-corrected chi connectivity index (χ1v) is 13.4. The first-order chi connectivity index (χ1) is 17.1. The molecular weight excluding hydrogens is 450 g/mol. The number of ketones is 1. The number of Topliss-reactive ketones (excluding diaryl/α,β-unsaturated/α-hetero) is 1. The molecule has 0 radical (unpaired) electrons. The zero-order chi connectivity index (χ0) is 25.9. The SMILES string of the molecule is CC(C)c1cc(N2CCN(CCCCN3C(=O)CCC(=O)c4ccccc43)CC2)nc(C(C)(C)C)n1. The molecule has 7 heteroatoms. The number of fused-ring (bicyclic) bond motifs is 1. The Hall–Kier alpha value is -2.80. The molecule has 0 aliphatic carbocycles. The van der Waals surface area contributed by atoms with Crippen LogP contribution >= 0.6 is 0 Å². The van der Waals surface area contributed by atoms with Crippen molar-refractivity contribution in [3.05, 3.63) is 47.4 Å². The van der Waals surface area contributed by atoms with Crippen LogP contribution in [0.5, 0.6) is 0 Å². The van der Waals surface area contributed by atoms with Gasteiger partial charge in [0.1, 0.15) is 11.6 Å². The second-order valence-corrected chi connectivity index (χ2v) is 11.4. The van der Waals surface area contributed by atoms with Crippen molar-refractivity contribution in [3.8, 4) is 0 Å². The van der Waals surface area contributed by atoms with Gasteiger partial charge in [0, 0.05) is 68.3 Å². The van der Waals surface area contributed by atoms with E-state index in [4.69, 9.17) is 9.97 Å². The predicted molar refractivity (Wildman–Crippen MR) is 145 cm³/mol. The van der Waals surface area contributed by atoms with Crippen molar-refractivity contribution < 1.29 is 9.59 Å². The predicted octanol–water partition coefficient (Wildman–Crippen LogP) is 4.81. The Labute approximate surface area is 215 Å². The van der Waals surface area contributed by atoms with Crippen molar-refractivity contribution in [2.45, 2.75) is 71.6 Å². The monoisotopic (exact) mass is 491 g/mol. The van der Waals surface area contributed by atoms with Crippen molar-refractivity contribution in [2.75, 3.05) is 49.1 Å². The summed E-state index contributed by atoms with van der Waals surface area (Å²) in [7, 11) is 0. The summed E-state index contributed by atoms with van der Waals surface area (Å²) < 4.78 is 0. The lowest BCUT2D eigenvalue weighted by Gasteiger charge is -2.36. The molecule has 0 bridgehead atoms. The molecule has 1 fully saturated rings. The number of aromatic nitrogens is 2. The number of hydrogen-bond donors (Lipinski definition) is 0. The molecule has 1 amide bonds. The lowest BCUT2D eigenvalue weighted by molar-refractivity contribution is -0.118. The van der Waals surface area contributed by atoms with E-state index >= 15 is 0 Å². The molecule has 194 valence electrons. The molecule has 2 aliphatic rings. The Morgan fingerprint density at radius 2 is 1.61 bits per heavy atom. The highest BCUT2D eigenvalue weighted by Gasteiger charge is 2.27. The quantitative estimate of drug-likeness (QED) is 0.518. The first-order valence-electron chi connectivity index (χ1n) is 13.4. The average Bonchev–Trinajstić information content (AvgIpc) is 2.98. The maximum atomic E-state index is 12.7. The van der Waals surface area contributed by atoms with E-state index in [2.05, 4.69) is 50.5 Å². The number of para-hydroxylation sites is 1. The summed E-state index contributed by atoms with van der Waals surface area (Å²) in [6.07, 6.45) is 2.55. The number of unbranched alkanes of at least 4 members (excludes halogenated alkanes) is 1. The van der Waals surface area contributed by atoms with Crippen LogP contribution in [0.15, 0.2) is 30.3 Å². The van der Waals surface area contributed by atoms with Gasteiger partial charge in [0.05, 0.1) is 5.69 Å². The molecule has 0 atom stereocenters. The number of carbonyl (C=O) groups excluding carboxylic acids is 2. The van der Waals surface area contributed by atoms with Gasteiger partial charge in [0.25, 0.3) is 0 Å². The van der Waals surface area contributed by atoms with Crippen LogP contribution in [0.1, 0.15) is 88.1 Å². The lowest BCUT2D eigenvalue weighted by Crippen LogP contribution is -2.47. The Bertz CT molecular complexity index is 1080. The first kappa shape index (κ1) is 26.3. The van der Waals surface area contributed by atoms with E-state index in [9.17, 15) is 9.59 Å². The Balaban J connectivity index is 1.30. The minimum absolute atomic E-state index is 0.0576. The van der Waals surface area contributed by atoms with E-state index in [-0.39, 0.29) is 17.1 Å². The number of hydrogen-bond acceptors (Lipinski definition) is 6. The summed E-state index contributed by atoms with van der Waals surface area (Å²) in [5.74, 6) is 2.46. The van der Waals surface area contributed by atoms with Gasteiger partial charge in [-0.05, 0) is 37.4 Å². The van der Waals surface area contributed by atoms with Crippen LogP contribution in [-0.2, 0) is 10.2 Å². The van der Waals surface area contributed by atoms with Crippen LogP contribution in [0.3, 0.4) is 0 Å². The third kappa shape index (κ3) is 6.12. The minimum Gasteiger partial charge on any atom is -0.354 e. The van der Waals surface area contributed by atoms with Crippen molar-refractivity contribution >= 4 is 23.2 Å². The number of piperazine rings is 1. The van der Waals surface area contributed by atoms with Gasteiger partial charge in [0.15, 0.2) is 5.78 Å². The number of anilines is 2. The summed E-state index contributed by atoms with van der Waals surface area (Å²) in [5.41, 5.74) is 2.49. The van der Waals surface area contributed by atoms with Gasteiger partial charge in [-0.3, -0.25) is 14.5 Å². The normalized spacial score (nSPS) is 17.5. The van der Waals surface area contributed by atoms with Gasteiger partial charge in [-0.15, -0.1) is 0 Å². The van der Waals surface area contributed by atoms with Gasteiger partial charge >= 0.3 is 0 Å². The molecular formula is C29H41N5O2. The number of rotatable bonds is 7. The topological polar surface area (TPSA) is 69.6 Å². The molecule has 36 heavy (non-hydrogen) atoms. The van der Waals surface area contributed by atoms with Crippen LogP contribution in [0.4, 0.5) is 11.5 Å². The van der Waals surface area contributed by atoms with E-state index < -0.39 is 0 Å². The fraction of sp³-hybridized carbons (Fsp3) is 0.586. The van der Waals surface area contributed by atoms with Gasteiger partial charge in [-0.2, -0.15) is 0 Å². The zero-order valence-corrected chi connectivity index (χ0v) is 22.6. The van der Waals surface area contributed by atoms with Crippen molar-refractivity contribution in [2.24, 2.45) is 0 Å². The summed E-state index contributed by atoms with van der Waals surface area (Å²) in [4.78, 5) is 41.6. The van der Waals surface area contributed by atoms with Crippen LogP contribution in [-0.4, -0.2) is 65.8 Å². The smallest absolute Gasteiger partial charge is 0.227 e. The molecule has 0 saturated carbocycles. The number of carbonyl (C=O) groups is 2. The molecule has 2 aliphatic heterocycles. The molecule has 2 aromatic rings. The second-order valence-electron chi connectivity index (χ2n) is 11.4. The third-order valence-corrected chi connectivity index (χ3v) is 7.16. The van der Waals surface area contributed by atoms with E-state index in [1.54, 1.807) is 0 Å². The van der Waals surface area contributed by atoms with Crippen molar-refractivity contribution in [3.63, 3.8) is 0 Å². The van der Waals surface area contributed by atoms with Crippen LogP contribution in [0.25, 0.3) is 0 Å². The van der Waals surface area contributed by atoms with E-state index in [1.807, 2.05) is 29.2 Å². The summed E-state index contributed by atoms with van der Waals surface area (Å²) >= 11 is 0. The number of benzene rings is 1. The molecule has 1 aromatic heterocycles. The maximum Gasteiger partial charge on any atom is 0.227 e. The Kier molecular flexibility index (Phi) is 8.08. The molecule has 0 spiro atoms. The maximum absolute atomic E-state index is 12.7. The van der Waals surface area contributed by atoms with Gasteiger partial charge < -0.3 is 9.80 Å². The Morgan fingerprint density at radius 1 is 0.917 bits per heavy atom. The van der Waals surface area contributed by atoms with Gasteiger partial charge in [-0.1, -0.05) is 46.8 Å². The fourth-order valence-corrected chi connectivity index (χ4v) is 4.87. The minimum atomic E-state index is -0.0793. The highest BCUT2D eigenvalue weighted by Crippen LogP contribution is 2.28. The average molecular weight is 492 g/mol. The second kappa shape index (κ2) is 11.1. The number of nitrogens with zero attached hydrogens (tertiary/aromatic N) is 5. The summed E-state index contributed by atoms with van der Waals surface area (Å²) in [6.45, 7) is 16.5. The fourth-order valence-electron chi connectivity index (χ4n) is 4.87.